The van der Waals surface area contributed by atoms with Crippen molar-refractivity contribution in [1.82, 2.24) is 4.90 Å². The lowest BCUT2D eigenvalue weighted by Crippen LogP contribution is -2.65. The number of nitrogens with one attached hydrogen (secondary N) is 1. The number of ketones is 2. The highest BCUT2D eigenvalue weighted by molar-refractivity contribution is 6.24. The Bertz CT molecular complexity index is 1240. The number of carbonyl (C=O) groups is 4. The number of anilines is 1. The highest BCUT2D eigenvalue weighted by atomic mass is 19.1. The van der Waals surface area contributed by atoms with E-state index >= 15 is 0 Å². The van der Waals surface area contributed by atoms with Crippen molar-refractivity contribution in [2.75, 3.05) is 19.4 Å². The number of Topliss-reactive ketones (excluding diaryl/α,β-unsaturated/α-hetero) is 2. The number of phenolic OH excluding ortho intramolecular Hbond substituents is 1. The largest absolute Gasteiger partial charge is 0.508 e. The molecule has 4 rings (SSSR count). The van der Waals surface area contributed by atoms with Crippen LogP contribution in [0.3, 0.4) is 0 Å². The number of nitrogens with two attached hydrogens (primary N) is 1. The quantitative estimate of drug-likeness (QED) is 0.192. The summed E-state index contributed by atoms with van der Waals surface area (Å²) >= 11 is 0. The number of fused-ring (bicyclic) bond motifs is 3. The van der Waals surface area contributed by atoms with E-state index in [9.17, 15) is 44.0 Å². The molecule has 0 saturated heterocycles. The van der Waals surface area contributed by atoms with Gasteiger partial charge in [0.25, 0.3) is 5.91 Å². The lowest BCUT2D eigenvalue weighted by molar-refractivity contribution is -0.153. The van der Waals surface area contributed by atoms with Crippen LogP contribution in [0, 0.1) is 17.7 Å². The Balaban J connectivity index is 1.98. The average Bonchev–Trinajstić information content (AvgIpc) is 2.73. The van der Waals surface area contributed by atoms with Crippen molar-refractivity contribution in [3.8, 4) is 5.75 Å². The van der Waals surface area contributed by atoms with Crippen LogP contribution >= 0.6 is 0 Å². The Morgan fingerprint density at radius 3 is 2.50 bits per heavy atom. The van der Waals surface area contributed by atoms with E-state index in [4.69, 9.17) is 5.73 Å². The van der Waals surface area contributed by atoms with Crippen molar-refractivity contribution in [3.05, 3.63) is 39.9 Å². The van der Waals surface area contributed by atoms with Gasteiger partial charge in [-0.1, -0.05) is 0 Å². The first-order valence-electron chi connectivity index (χ1n) is 10.3. The van der Waals surface area contributed by atoms with Gasteiger partial charge in [0.1, 0.15) is 22.8 Å². The van der Waals surface area contributed by atoms with E-state index in [1.807, 2.05) is 5.32 Å². The van der Waals surface area contributed by atoms with Crippen LogP contribution < -0.4 is 11.1 Å². The molecule has 1 aromatic carbocycles. The normalized spacial score (nSPS) is 28.4. The molecule has 1 aromatic rings. The molecule has 0 spiro atoms. The molecular weight excluding hydrogens is 453 g/mol. The minimum atomic E-state index is -2.76. The summed E-state index contributed by atoms with van der Waals surface area (Å²) in [7, 11) is 2.98. The van der Waals surface area contributed by atoms with Crippen LogP contribution in [-0.2, 0) is 25.6 Å². The summed E-state index contributed by atoms with van der Waals surface area (Å²) in [5, 5.41) is 45.7. The van der Waals surface area contributed by atoms with E-state index in [1.54, 1.807) is 0 Å². The molecule has 7 N–H and O–H groups in total. The van der Waals surface area contributed by atoms with E-state index in [-0.39, 0.29) is 36.0 Å². The number of rotatable bonds is 4. The highest BCUT2D eigenvalue weighted by Crippen LogP contribution is 2.53. The van der Waals surface area contributed by atoms with Crippen molar-refractivity contribution < 1.29 is 44.0 Å². The van der Waals surface area contributed by atoms with Crippen LogP contribution in [-0.4, -0.2) is 74.9 Å². The number of likely N-dealkylation sites (N-methyl/N-ethyl adjacent to an activating group) is 1. The molecule has 180 valence electrons. The highest BCUT2D eigenvalue weighted by Gasteiger charge is 2.64. The third kappa shape index (κ3) is 2.88. The number of amides is 2. The maximum Gasteiger partial charge on any atom is 0.255 e. The second-order valence-electron chi connectivity index (χ2n) is 8.84. The van der Waals surface area contributed by atoms with Gasteiger partial charge in [0.15, 0.2) is 23.0 Å². The summed E-state index contributed by atoms with van der Waals surface area (Å²) in [6.45, 7) is 0. The smallest absolute Gasteiger partial charge is 0.255 e. The zero-order valence-electron chi connectivity index (χ0n) is 18.1. The van der Waals surface area contributed by atoms with E-state index in [0.29, 0.717) is 0 Å². The van der Waals surface area contributed by atoms with E-state index in [0.717, 1.165) is 6.07 Å². The topological polar surface area (TPSA) is 190 Å². The van der Waals surface area contributed by atoms with Gasteiger partial charge in [-0.2, -0.15) is 0 Å². The number of aromatic hydroxyl groups is 1. The van der Waals surface area contributed by atoms with Gasteiger partial charge in [0, 0.05) is 11.5 Å². The van der Waals surface area contributed by atoms with Gasteiger partial charge in [0.05, 0.1) is 11.6 Å². The minimum absolute atomic E-state index is 0.0552. The molecule has 4 atom stereocenters. The van der Waals surface area contributed by atoms with Crippen molar-refractivity contribution in [1.29, 1.82) is 0 Å². The molecule has 12 heteroatoms. The summed E-state index contributed by atoms with van der Waals surface area (Å²) in [6, 6.07) is -0.210. The van der Waals surface area contributed by atoms with Crippen LogP contribution in [0.25, 0.3) is 5.76 Å². The Morgan fingerprint density at radius 1 is 1.29 bits per heavy atom. The number of nitrogens with zero attached hydrogens (tertiary/aromatic N) is 1. The first-order valence-corrected chi connectivity index (χ1v) is 10.3. The van der Waals surface area contributed by atoms with E-state index in [2.05, 4.69) is 0 Å². The van der Waals surface area contributed by atoms with Gasteiger partial charge in [-0.05, 0) is 44.5 Å². The van der Waals surface area contributed by atoms with Gasteiger partial charge in [0.2, 0.25) is 12.2 Å². The first-order chi connectivity index (χ1) is 15.9. The van der Waals surface area contributed by atoms with E-state index in [1.165, 1.54) is 19.0 Å². The predicted molar refractivity (Wildman–Crippen MR) is 114 cm³/mol. The molecule has 0 aliphatic heterocycles. The second-order valence-corrected chi connectivity index (χ2v) is 8.84. The predicted octanol–water partition coefficient (Wildman–Crippen LogP) is -0.329. The van der Waals surface area contributed by atoms with Gasteiger partial charge in [-0.15, -0.1) is 0 Å². The standard InChI is InChI=1S/C22H22FN3O8/c1-26(2)15-9-4-7-3-8-5-10(23)14(25-6-27)17(29)11(8)16(28)12(7)19(31)22(9,34)20(32)13(18(15)30)21(24)33/h5-7,9,15,28-29,32,34H,3-4H2,1-2H3,(H2,24,33)(H,25,27). The molecule has 3 aliphatic rings. The molecule has 11 nitrogen and oxygen atoms in total. The number of aliphatic hydroxyl groups excluding tert-OH is 2. The Hall–Kier alpha value is -3.77. The molecule has 0 radical (unpaired) electrons. The summed E-state index contributed by atoms with van der Waals surface area (Å²) in [5.41, 5.74) is 0.414. The molecule has 34 heavy (non-hydrogen) atoms. The minimum Gasteiger partial charge on any atom is -0.508 e. The van der Waals surface area contributed by atoms with Crippen molar-refractivity contribution in [2.24, 2.45) is 17.6 Å². The number of primary amides is 1. The fraction of sp³-hybridized carbons (Fsp3) is 0.364. The van der Waals surface area contributed by atoms with E-state index < -0.39 is 75.3 Å². The van der Waals surface area contributed by atoms with Crippen LogP contribution in [0.5, 0.6) is 5.75 Å². The monoisotopic (exact) mass is 475 g/mol. The molecule has 1 fully saturated rings. The van der Waals surface area contributed by atoms with Crippen molar-refractivity contribution >= 4 is 35.3 Å². The fourth-order valence-corrected chi connectivity index (χ4v) is 5.46. The Labute approximate surface area is 192 Å². The maximum atomic E-state index is 14.5. The number of hydrogen-bond donors (Lipinski definition) is 6. The Morgan fingerprint density at radius 2 is 1.94 bits per heavy atom. The van der Waals surface area contributed by atoms with Gasteiger partial charge >= 0.3 is 0 Å². The summed E-state index contributed by atoms with van der Waals surface area (Å²) in [5.74, 6) is -9.18. The van der Waals surface area contributed by atoms with Gasteiger partial charge < -0.3 is 31.5 Å². The summed E-state index contributed by atoms with van der Waals surface area (Å²) in [4.78, 5) is 50.7. The lowest BCUT2D eigenvalue weighted by Gasteiger charge is -2.50. The molecule has 4 unspecified atom stereocenters. The summed E-state index contributed by atoms with van der Waals surface area (Å²) < 4.78 is 14.5. The Kier molecular flexibility index (Phi) is 5.25. The number of phenols is 1. The molecular formula is C22H22FN3O8. The number of benzene rings is 1. The molecule has 1 saturated carbocycles. The van der Waals surface area contributed by atoms with Crippen LogP contribution in [0.15, 0.2) is 23.0 Å². The number of hydrogen-bond acceptors (Lipinski definition) is 9. The number of aliphatic hydroxyl groups is 3. The van der Waals surface area contributed by atoms with Gasteiger partial charge in [-0.25, -0.2) is 4.39 Å². The lowest BCUT2D eigenvalue weighted by atomic mass is 9.57. The number of halogens is 1. The van der Waals surface area contributed by atoms with Crippen LogP contribution in [0.1, 0.15) is 17.5 Å². The molecule has 0 heterocycles. The van der Waals surface area contributed by atoms with Crippen LogP contribution in [0.4, 0.5) is 10.1 Å². The second kappa shape index (κ2) is 7.64. The third-order valence-electron chi connectivity index (χ3n) is 6.87. The fourth-order valence-electron chi connectivity index (χ4n) is 5.46. The number of carbonyl (C=O) groups excluding carboxylic acids is 4. The SMILES string of the molecule is CN(C)C1C(=O)C(C(N)=O)=C(O)C2(O)C(=O)C3=C(O)c4c(cc(F)c(NC=O)c4O)CC3CC12. The zero-order valence-corrected chi connectivity index (χ0v) is 18.1. The van der Waals surface area contributed by atoms with Gasteiger partial charge in [-0.3, -0.25) is 24.1 Å². The van der Waals surface area contributed by atoms with Crippen LogP contribution in [0.2, 0.25) is 0 Å². The van der Waals surface area contributed by atoms with Crippen molar-refractivity contribution in [3.63, 3.8) is 0 Å². The molecule has 0 aromatic heterocycles. The van der Waals surface area contributed by atoms with Crippen molar-refractivity contribution in [2.45, 2.75) is 24.5 Å². The maximum absolute atomic E-state index is 14.5. The summed E-state index contributed by atoms with van der Waals surface area (Å²) in [6.07, 6.45) is -0.0447. The zero-order chi connectivity index (χ0) is 25.3. The average molecular weight is 475 g/mol. The molecule has 3 aliphatic carbocycles. The molecule has 0 bridgehead atoms. The first kappa shape index (κ1) is 23.4. The molecule has 2 amide bonds. The third-order valence-corrected chi connectivity index (χ3v) is 6.87.